The zero-order valence-electron chi connectivity index (χ0n) is 13.1. The summed E-state index contributed by atoms with van der Waals surface area (Å²) in [5, 5.41) is 9.87. The van der Waals surface area contributed by atoms with Gasteiger partial charge < -0.3 is 9.84 Å². The second-order valence-corrected chi connectivity index (χ2v) is 5.76. The number of methoxy groups -OCH3 is 1. The largest absolute Gasteiger partial charge is 0.497 e. The molecular weight excluding hydrogens is 260 g/mol. The predicted octanol–water partition coefficient (Wildman–Crippen LogP) is 4.44. The fourth-order valence-electron chi connectivity index (χ4n) is 2.90. The van der Waals surface area contributed by atoms with Gasteiger partial charge in [0.25, 0.3) is 0 Å². The summed E-state index contributed by atoms with van der Waals surface area (Å²) in [4.78, 5) is 0. The number of allylic oxidation sites excluding steroid dienone is 3. The Morgan fingerprint density at radius 1 is 1.24 bits per heavy atom. The van der Waals surface area contributed by atoms with Gasteiger partial charge in [-0.25, -0.2) is 0 Å². The minimum absolute atomic E-state index is 0.185. The van der Waals surface area contributed by atoms with E-state index in [1.807, 2.05) is 12.1 Å². The molecule has 1 unspecified atom stereocenters. The number of hydrogen-bond donors (Lipinski definition) is 1. The van der Waals surface area contributed by atoms with Gasteiger partial charge in [0, 0.05) is 0 Å². The van der Waals surface area contributed by atoms with Crippen LogP contribution in [0.4, 0.5) is 0 Å². The number of rotatable bonds is 7. The van der Waals surface area contributed by atoms with Crippen LogP contribution in [0, 0.1) is 0 Å². The third-order valence-electron chi connectivity index (χ3n) is 4.22. The van der Waals surface area contributed by atoms with Gasteiger partial charge in [0.2, 0.25) is 0 Å². The molecule has 2 rings (SSSR count). The van der Waals surface area contributed by atoms with Crippen molar-refractivity contribution in [1.29, 1.82) is 0 Å². The van der Waals surface area contributed by atoms with E-state index >= 15 is 0 Å². The number of ether oxygens (including phenoxy) is 1. The van der Waals surface area contributed by atoms with Gasteiger partial charge in [-0.3, -0.25) is 0 Å². The highest BCUT2D eigenvalue weighted by Crippen LogP contribution is 2.29. The fraction of sp³-hybridized carbons (Fsp3) is 0.474. The lowest BCUT2D eigenvalue weighted by Crippen LogP contribution is -2.04. The van der Waals surface area contributed by atoms with Crippen LogP contribution in [0.15, 0.2) is 47.6 Å². The Kier molecular flexibility index (Phi) is 6.06. The number of benzene rings is 1. The molecule has 1 aliphatic rings. The first-order valence-electron chi connectivity index (χ1n) is 7.85. The van der Waals surface area contributed by atoms with Gasteiger partial charge in [0.05, 0.1) is 13.2 Å². The van der Waals surface area contributed by atoms with Crippen LogP contribution in [0.1, 0.15) is 44.6 Å². The molecule has 1 aromatic rings. The maximum absolute atomic E-state index is 9.87. The molecule has 0 amide bonds. The molecule has 0 radical (unpaired) electrons. The summed E-state index contributed by atoms with van der Waals surface area (Å²) in [5.41, 5.74) is 3.98. The molecule has 0 heterocycles. The standard InChI is InChI=1S/C19H26O2/c1-15-12-13-19(20)18(15)11-6-4-3-5-8-16-9-7-10-17(14-16)21-2/h3-4,7,9-10,14,19-20H,5-6,8,11-13H2,1-2H3. The van der Waals surface area contributed by atoms with Gasteiger partial charge in [-0.15, -0.1) is 0 Å². The van der Waals surface area contributed by atoms with Crippen LogP contribution >= 0.6 is 0 Å². The monoisotopic (exact) mass is 286 g/mol. The van der Waals surface area contributed by atoms with Crippen molar-refractivity contribution in [2.75, 3.05) is 7.11 Å². The molecule has 0 saturated carbocycles. The highest BCUT2D eigenvalue weighted by atomic mass is 16.5. The maximum Gasteiger partial charge on any atom is 0.119 e. The van der Waals surface area contributed by atoms with E-state index in [9.17, 15) is 5.11 Å². The molecule has 0 aromatic heterocycles. The molecule has 1 N–H and O–H groups in total. The van der Waals surface area contributed by atoms with Crippen molar-refractivity contribution in [3.8, 4) is 5.75 Å². The van der Waals surface area contributed by atoms with Crippen molar-refractivity contribution in [2.24, 2.45) is 0 Å². The van der Waals surface area contributed by atoms with Crippen LogP contribution in [-0.2, 0) is 6.42 Å². The molecule has 1 aromatic carbocycles. The average molecular weight is 286 g/mol. The SMILES string of the molecule is COc1cccc(CCC=CCCC2=C(C)CCC2O)c1. The Bertz CT molecular complexity index is 514. The normalized spacial score (nSPS) is 18.7. The summed E-state index contributed by atoms with van der Waals surface area (Å²) < 4.78 is 5.23. The number of hydrogen-bond acceptors (Lipinski definition) is 2. The third kappa shape index (κ3) is 4.75. The van der Waals surface area contributed by atoms with Crippen LogP contribution in [-0.4, -0.2) is 18.3 Å². The Morgan fingerprint density at radius 3 is 2.67 bits per heavy atom. The van der Waals surface area contributed by atoms with E-state index in [0.29, 0.717) is 0 Å². The first kappa shape index (κ1) is 15.8. The van der Waals surface area contributed by atoms with Crippen molar-refractivity contribution in [1.82, 2.24) is 0 Å². The highest BCUT2D eigenvalue weighted by molar-refractivity contribution is 5.28. The summed E-state index contributed by atoms with van der Waals surface area (Å²) in [6, 6.07) is 8.24. The van der Waals surface area contributed by atoms with Crippen molar-refractivity contribution in [2.45, 2.75) is 51.6 Å². The van der Waals surface area contributed by atoms with Gasteiger partial charge in [-0.05, 0) is 68.7 Å². The molecule has 114 valence electrons. The number of aliphatic hydroxyl groups is 1. The highest BCUT2D eigenvalue weighted by Gasteiger charge is 2.19. The molecule has 2 nitrogen and oxygen atoms in total. The van der Waals surface area contributed by atoms with E-state index in [4.69, 9.17) is 4.74 Å². The second-order valence-electron chi connectivity index (χ2n) is 5.76. The molecule has 0 saturated heterocycles. The molecule has 21 heavy (non-hydrogen) atoms. The molecule has 0 bridgehead atoms. The zero-order chi connectivity index (χ0) is 15.1. The van der Waals surface area contributed by atoms with Crippen LogP contribution in [0.2, 0.25) is 0 Å². The van der Waals surface area contributed by atoms with Crippen molar-refractivity contribution in [3.05, 3.63) is 53.1 Å². The molecule has 0 aliphatic heterocycles. The molecule has 2 heteroatoms. The van der Waals surface area contributed by atoms with Gasteiger partial charge >= 0.3 is 0 Å². The van der Waals surface area contributed by atoms with E-state index in [0.717, 1.165) is 44.3 Å². The molecular formula is C19H26O2. The second kappa shape index (κ2) is 8.04. The van der Waals surface area contributed by atoms with Crippen molar-refractivity contribution < 1.29 is 9.84 Å². The first-order valence-corrected chi connectivity index (χ1v) is 7.85. The van der Waals surface area contributed by atoms with E-state index in [2.05, 4.69) is 31.2 Å². The lowest BCUT2D eigenvalue weighted by Gasteiger charge is -2.07. The first-order chi connectivity index (χ1) is 10.2. The molecule has 1 atom stereocenters. The zero-order valence-corrected chi connectivity index (χ0v) is 13.1. The fourth-order valence-corrected chi connectivity index (χ4v) is 2.90. The van der Waals surface area contributed by atoms with Crippen molar-refractivity contribution in [3.63, 3.8) is 0 Å². The van der Waals surface area contributed by atoms with Gasteiger partial charge in [0.15, 0.2) is 0 Å². The lowest BCUT2D eigenvalue weighted by molar-refractivity contribution is 0.208. The van der Waals surface area contributed by atoms with Crippen molar-refractivity contribution >= 4 is 0 Å². The average Bonchev–Trinajstić information content (AvgIpc) is 2.82. The van der Waals surface area contributed by atoms with Crippen LogP contribution in [0.5, 0.6) is 5.75 Å². The van der Waals surface area contributed by atoms with Crippen LogP contribution in [0.3, 0.4) is 0 Å². The summed E-state index contributed by atoms with van der Waals surface area (Å²) in [6.45, 7) is 2.15. The van der Waals surface area contributed by atoms with Gasteiger partial charge in [-0.2, -0.15) is 0 Å². The van der Waals surface area contributed by atoms with Crippen LogP contribution in [0.25, 0.3) is 0 Å². The van der Waals surface area contributed by atoms with E-state index in [1.54, 1.807) is 7.11 Å². The quantitative estimate of drug-likeness (QED) is 0.751. The lowest BCUT2D eigenvalue weighted by atomic mass is 10.0. The third-order valence-corrected chi connectivity index (χ3v) is 4.22. The maximum atomic E-state index is 9.87. The summed E-state index contributed by atoms with van der Waals surface area (Å²) in [7, 11) is 1.70. The van der Waals surface area contributed by atoms with Gasteiger partial charge in [-0.1, -0.05) is 29.9 Å². The summed E-state index contributed by atoms with van der Waals surface area (Å²) in [5.74, 6) is 0.925. The van der Waals surface area contributed by atoms with E-state index in [1.165, 1.54) is 16.7 Å². The van der Waals surface area contributed by atoms with E-state index in [-0.39, 0.29) is 6.10 Å². The summed E-state index contributed by atoms with van der Waals surface area (Å²) in [6.07, 6.45) is 10.4. The Balaban J connectivity index is 1.70. The topological polar surface area (TPSA) is 29.5 Å². The molecule has 0 fully saturated rings. The van der Waals surface area contributed by atoms with E-state index < -0.39 is 0 Å². The number of aliphatic hydroxyl groups excluding tert-OH is 1. The number of aryl methyl sites for hydroxylation is 1. The minimum atomic E-state index is -0.185. The molecule has 0 spiro atoms. The smallest absolute Gasteiger partial charge is 0.119 e. The molecule has 1 aliphatic carbocycles. The van der Waals surface area contributed by atoms with Gasteiger partial charge in [0.1, 0.15) is 5.75 Å². The Hall–Kier alpha value is -1.54. The predicted molar refractivity (Wildman–Crippen MR) is 87.6 cm³/mol. The Labute approximate surface area is 128 Å². The Morgan fingerprint density at radius 2 is 2.00 bits per heavy atom. The minimum Gasteiger partial charge on any atom is -0.497 e. The summed E-state index contributed by atoms with van der Waals surface area (Å²) >= 11 is 0. The van der Waals surface area contributed by atoms with Crippen LogP contribution < -0.4 is 4.74 Å².